The Hall–Kier alpha value is 0.0300. The Morgan fingerprint density at radius 2 is 1.74 bits per heavy atom. The molecule has 0 aromatic carbocycles. The normalized spacial score (nSPS) is 11.3. The van der Waals surface area contributed by atoms with Crippen LogP contribution in [0.1, 0.15) is 6.42 Å². The molecule has 0 heterocycles. The molecule has 19 heavy (non-hydrogen) atoms. The van der Waals surface area contributed by atoms with E-state index in [9.17, 15) is 23.6 Å². The van der Waals surface area contributed by atoms with Crippen LogP contribution in [-0.4, -0.2) is 43.8 Å². The fourth-order valence-electron chi connectivity index (χ4n) is 0.815. The number of esters is 2. The van der Waals surface area contributed by atoms with Crippen LogP contribution in [0, 0.1) is 0 Å². The maximum atomic E-state index is 11.8. The minimum absolute atomic E-state index is 0. The molecule has 0 aliphatic carbocycles. The number of hydrogen-bond acceptors (Lipinski definition) is 8. The molecule has 0 spiro atoms. The maximum absolute atomic E-state index is 11.8. The molecule has 0 amide bonds. The Kier molecular flexibility index (Phi) is 16.2. The third-order valence-electron chi connectivity index (χ3n) is 1.46. The first-order chi connectivity index (χ1) is 8.65. The van der Waals surface area contributed by atoms with E-state index in [-0.39, 0.29) is 41.6 Å². The first kappa shape index (κ1) is 21.3. The van der Waals surface area contributed by atoms with E-state index >= 15 is 0 Å². The molecule has 0 radical (unpaired) electrons. The van der Waals surface area contributed by atoms with Gasteiger partial charge in [0.2, 0.25) is 0 Å². The van der Waals surface area contributed by atoms with Crippen LogP contribution in [-0.2, 0) is 28.4 Å². The van der Waals surface area contributed by atoms with Crippen LogP contribution >= 0.6 is 12.0 Å². The standard InChI is InChI=1S/C8H12F2O7S.Na/c9-1-3-14-7(11)5-6(18-17-16-13)8(12)15-4-2-10;/h6,13H,1-5H2;/q;+1/p-1. The van der Waals surface area contributed by atoms with Crippen molar-refractivity contribution >= 4 is 24.0 Å². The number of rotatable bonds is 10. The molecule has 7 nitrogen and oxygen atoms in total. The van der Waals surface area contributed by atoms with Crippen molar-refractivity contribution in [3.8, 4) is 0 Å². The van der Waals surface area contributed by atoms with Crippen molar-refractivity contribution in [2.24, 2.45) is 0 Å². The Bertz CT molecular complexity index is 259. The van der Waals surface area contributed by atoms with Crippen LogP contribution < -0.4 is 34.8 Å². The van der Waals surface area contributed by atoms with Gasteiger partial charge in [-0.2, -0.15) is 4.33 Å². The van der Waals surface area contributed by atoms with Crippen LogP contribution in [0.5, 0.6) is 0 Å². The zero-order valence-corrected chi connectivity index (χ0v) is 13.0. The summed E-state index contributed by atoms with van der Waals surface area (Å²) in [6, 6.07) is 0. The third kappa shape index (κ3) is 11.5. The van der Waals surface area contributed by atoms with Crippen LogP contribution in [0.2, 0.25) is 0 Å². The number of halogens is 2. The Labute approximate surface area is 134 Å². The fraction of sp³-hybridized carbons (Fsp3) is 0.750. The van der Waals surface area contributed by atoms with Crippen LogP contribution in [0.25, 0.3) is 0 Å². The molecule has 0 N–H and O–H groups in total. The molecule has 0 aliphatic rings. The van der Waals surface area contributed by atoms with E-state index in [2.05, 4.69) is 18.8 Å². The molecule has 1 unspecified atom stereocenters. The summed E-state index contributed by atoms with van der Waals surface area (Å²) in [5.74, 6) is -1.87. The van der Waals surface area contributed by atoms with E-state index in [1.807, 2.05) is 0 Å². The molecule has 11 heteroatoms. The van der Waals surface area contributed by atoms with Gasteiger partial charge in [0.05, 0.1) is 6.42 Å². The van der Waals surface area contributed by atoms with E-state index < -0.39 is 50.2 Å². The monoisotopic (exact) mass is 312 g/mol. The van der Waals surface area contributed by atoms with E-state index in [1.165, 1.54) is 0 Å². The summed E-state index contributed by atoms with van der Waals surface area (Å²) in [6.07, 6.45) is -0.529. The molecule has 0 aliphatic heterocycles. The molecule has 0 aromatic rings. The fourth-order valence-corrected chi connectivity index (χ4v) is 1.29. The van der Waals surface area contributed by atoms with Crippen molar-refractivity contribution in [2.75, 3.05) is 26.6 Å². The Morgan fingerprint density at radius 3 is 2.26 bits per heavy atom. The van der Waals surface area contributed by atoms with Gasteiger partial charge in [-0.3, -0.25) is 14.6 Å². The smallest absolute Gasteiger partial charge is 0.691 e. The summed E-state index contributed by atoms with van der Waals surface area (Å²) in [5, 5.41) is 11.4. The SMILES string of the molecule is O=C(CC(SOO[O-])C(=O)OCCF)OCCF.[Na+]. The zero-order valence-electron chi connectivity index (χ0n) is 10.1. The molecule has 1 atom stereocenters. The van der Waals surface area contributed by atoms with Crippen molar-refractivity contribution in [1.82, 2.24) is 0 Å². The summed E-state index contributed by atoms with van der Waals surface area (Å²) in [4.78, 5) is 22.4. The molecule has 0 aromatic heterocycles. The average molecular weight is 312 g/mol. The van der Waals surface area contributed by atoms with E-state index in [0.29, 0.717) is 0 Å². The number of carbonyl (C=O) groups is 2. The summed E-state index contributed by atoms with van der Waals surface area (Å²) in [5.41, 5.74) is 0. The summed E-state index contributed by atoms with van der Waals surface area (Å²) >= 11 is 0.216. The predicted octanol–water partition coefficient (Wildman–Crippen LogP) is -3.35. The van der Waals surface area contributed by atoms with Crippen molar-refractivity contribution < 1.29 is 72.0 Å². The van der Waals surface area contributed by atoms with Crippen LogP contribution in [0.15, 0.2) is 0 Å². The van der Waals surface area contributed by atoms with Gasteiger partial charge in [0, 0.05) is 12.0 Å². The van der Waals surface area contributed by atoms with Gasteiger partial charge in [0.15, 0.2) is 0 Å². The van der Waals surface area contributed by atoms with Gasteiger partial charge in [-0.05, 0) is 0 Å². The summed E-state index contributed by atoms with van der Waals surface area (Å²) in [6.45, 7) is -2.70. The van der Waals surface area contributed by atoms with Gasteiger partial charge in [0.1, 0.15) is 31.8 Å². The number of carbonyl (C=O) groups excluding carboxylic acids is 2. The van der Waals surface area contributed by atoms with Crippen molar-refractivity contribution in [1.29, 1.82) is 0 Å². The van der Waals surface area contributed by atoms with Gasteiger partial charge in [-0.25, -0.2) is 8.78 Å². The Balaban J connectivity index is 0. The minimum atomic E-state index is -1.27. The molecule has 0 bridgehead atoms. The second kappa shape index (κ2) is 14.4. The molecule has 0 fully saturated rings. The quantitative estimate of drug-likeness (QED) is 0.136. The molecule has 0 saturated carbocycles. The second-order valence-electron chi connectivity index (χ2n) is 2.69. The van der Waals surface area contributed by atoms with Gasteiger partial charge < -0.3 is 14.7 Å². The van der Waals surface area contributed by atoms with Gasteiger partial charge in [0.25, 0.3) is 0 Å². The van der Waals surface area contributed by atoms with Gasteiger partial charge >= 0.3 is 41.5 Å². The Morgan fingerprint density at radius 1 is 1.16 bits per heavy atom. The molecule has 0 saturated heterocycles. The summed E-state index contributed by atoms with van der Waals surface area (Å²) in [7, 11) is 0. The summed E-state index contributed by atoms with van der Waals surface area (Å²) < 4.78 is 36.2. The average Bonchev–Trinajstić information content (AvgIpc) is 2.38. The maximum Gasteiger partial charge on any atom is 1.00 e. The topological polar surface area (TPSA) is 94.1 Å². The largest absolute Gasteiger partial charge is 1.00 e. The molecular weight excluding hydrogens is 301 g/mol. The first-order valence-corrected chi connectivity index (χ1v) is 5.52. The van der Waals surface area contributed by atoms with Crippen LogP contribution in [0.4, 0.5) is 8.78 Å². The number of hydrogen-bond donors (Lipinski definition) is 0. The number of ether oxygens (including phenoxy) is 2. The number of alkyl halides is 2. The van der Waals surface area contributed by atoms with Crippen molar-refractivity contribution in [2.45, 2.75) is 11.7 Å². The molecule has 106 valence electrons. The van der Waals surface area contributed by atoms with Crippen molar-refractivity contribution in [3.63, 3.8) is 0 Å². The zero-order chi connectivity index (χ0) is 13.8. The molecule has 0 rings (SSSR count). The van der Waals surface area contributed by atoms with Crippen LogP contribution in [0.3, 0.4) is 0 Å². The van der Waals surface area contributed by atoms with Gasteiger partial charge in [-0.15, -0.1) is 0 Å². The predicted molar refractivity (Wildman–Crippen MR) is 52.0 cm³/mol. The van der Waals surface area contributed by atoms with E-state index in [0.717, 1.165) is 0 Å². The van der Waals surface area contributed by atoms with Gasteiger partial charge in [-0.1, -0.05) is 0 Å². The third-order valence-corrected chi connectivity index (χ3v) is 2.19. The first-order valence-electron chi connectivity index (χ1n) is 4.71. The minimum Gasteiger partial charge on any atom is -0.691 e. The van der Waals surface area contributed by atoms with E-state index in [4.69, 9.17) is 0 Å². The van der Waals surface area contributed by atoms with E-state index in [1.54, 1.807) is 0 Å². The molecular formula is C8H11F2NaO7S. The van der Waals surface area contributed by atoms with Crippen molar-refractivity contribution in [3.05, 3.63) is 0 Å². The second-order valence-corrected chi connectivity index (χ2v) is 3.59.